The fourth-order valence-electron chi connectivity index (χ4n) is 1.18. The first-order chi connectivity index (χ1) is 7.15. The van der Waals surface area contributed by atoms with Crippen LogP contribution in [0.25, 0.3) is 0 Å². The van der Waals surface area contributed by atoms with Crippen LogP contribution in [0.1, 0.15) is 19.4 Å². The normalized spacial score (nSPS) is 12.4. The number of rotatable bonds is 3. The summed E-state index contributed by atoms with van der Waals surface area (Å²) in [5.74, 6) is -0.478. The molecule has 1 rings (SSSR count). The average Bonchev–Trinajstić information content (AvgIpc) is 2.16. The van der Waals surface area contributed by atoms with Crippen LogP contribution < -0.4 is 5.73 Å². The predicted octanol–water partition coefficient (Wildman–Crippen LogP) is 1.38. The molecule has 1 amide bonds. The molecule has 0 aromatic heterocycles. The maximum Gasteiger partial charge on any atom is 0.261 e. The Hall–Kier alpha value is -1.07. The Morgan fingerprint density at radius 1 is 1.25 bits per heavy atom. The van der Waals surface area contributed by atoms with Crippen LogP contribution in [-0.4, -0.2) is 14.3 Å². The predicted molar refractivity (Wildman–Crippen MR) is 61.7 cm³/mol. The van der Waals surface area contributed by atoms with Gasteiger partial charge in [-0.1, -0.05) is 12.1 Å². The van der Waals surface area contributed by atoms with Gasteiger partial charge in [0.1, 0.15) is 0 Å². The lowest BCUT2D eigenvalue weighted by molar-refractivity contribution is -0.122. The van der Waals surface area contributed by atoms with Gasteiger partial charge in [0.2, 0.25) is 5.91 Å². The maximum atomic E-state index is 11.2. The van der Waals surface area contributed by atoms with E-state index in [1.54, 1.807) is 13.8 Å². The molecule has 0 bridgehead atoms. The van der Waals surface area contributed by atoms with Crippen LogP contribution in [0.3, 0.4) is 0 Å². The lowest BCUT2D eigenvalue weighted by Gasteiger charge is -2.20. The summed E-state index contributed by atoms with van der Waals surface area (Å²) >= 11 is 0. The molecule has 16 heavy (non-hydrogen) atoms. The molecule has 0 aliphatic heterocycles. The van der Waals surface area contributed by atoms with Crippen molar-refractivity contribution in [1.29, 1.82) is 0 Å². The summed E-state index contributed by atoms with van der Waals surface area (Å²) in [4.78, 5) is 11.2. The number of carbonyl (C=O) groups is 1. The minimum absolute atomic E-state index is 0.00168. The minimum Gasteiger partial charge on any atom is -0.369 e. The van der Waals surface area contributed by atoms with Gasteiger partial charge in [-0.05, 0) is 31.5 Å². The highest BCUT2D eigenvalue weighted by molar-refractivity contribution is 8.13. The molecule has 0 unspecified atom stereocenters. The molecule has 1 aromatic carbocycles. The molecule has 2 N–H and O–H groups in total. The van der Waals surface area contributed by atoms with Crippen LogP contribution in [-0.2, 0) is 19.3 Å². The average molecular weight is 262 g/mol. The highest BCUT2D eigenvalue weighted by atomic mass is 35.7. The number of nitrogens with two attached hydrogens (primary N) is 1. The van der Waals surface area contributed by atoms with Crippen molar-refractivity contribution in [3.63, 3.8) is 0 Å². The lowest BCUT2D eigenvalue weighted by Crippen LogP contribution is -2.35. The van der Waals surface area contributed by atoms with Crippen LogP contribution in [0.2, 0.25) is 0 Å². The van der Waals surface area contributed by atoms with E-state index in [-0.39, 0.29) is 4.90 Å². The van der Waals surface area contributed by atoms with Gasteiger partial charge in [0, 0.05) is 10.7 Å². The third-order valence-electron chi connectivity index (χ3n) is 2.47. The van der Waals surface area contributed by atoms with Gasteiger partial charge >= 0.3 is 0 Å². The van der Waals surface area contributed by atoms with Crippen LogP contribution in [0, 0.1) is 0 Å². The molecule has 6 heteroatoms. The Bertz CT molecular complexity index is 505. The number of hydrogen-bond acceptors (Lipinski definition) is 3. The third kappa shape index (κ3) is 2.54. The first-order valence-electron chi connectivity index (χ1n) is 4.51. The van der Waals surface area contributed by atoms with E-state index >= 15 is 0 Å². The second kappa shape index (κ2) is 4.07. The number of primary amides is 1. The fourth-order valence-corrected chi connectivity index (χ4v) is 1.95. The second-order valence-electron chi connectivity index (χ2n) is 3.95. The Balaban J connectivity index is 3.19. The van der Waals surface area contributed by atoms with Crippen molar-refractivity contribution in [3.05, 3.63) is 29.8 Å². The van der Waals surface area contributed by atoms with Crippen molar-refractivity contribution >= 4 is 25.6 Å². The maximum absolute atomic E-state index is 11.2. The zero-order valence-corrected chi connectivity index (χ0v) is 10.5. The number of halogens is 1. The van der Waals surface area contributed by atoms with E-state index in [0.717, 1.165) is 0 Å². The summed E-state index contributed by atoms with van der Waals surface area (Å²) < 4.78 is 22.0. The number of hydrogen-bond donors (Lipinski definition) is 1. The number of amides is 1. The molecule has 0 spiro atoms. The summed E-state index contributed by atoms with van der Waals surface area (Å²) in [5, 5.41) is 0. The summed E-state index contributed by atoms with van der Waals surface area (Å²) in [6.07, 6.45) is 0. The van der Waals surface area contributed by atoms with Crippen molar-refractivity contribution in [2.24, 2.45) is 5.73 Å². The third-order valence-corrected chi connectivity index (χ3v) is 3.84. The van der Waals surface area contributed by atoms with E-state index in [4.69, 9.17) is 16.4 Å². The quantitative estimate of drug-likeness (QED) is 0.835. The highest BCUT2D eigenvalue weighted by Crippen LogP contribution is 2.24. The SMILES string of the molecule is CC(C)(C(N)=O)c1ccc(S(=O)(=O)Cl)cc1. The van der Waals surface area contributed by atoms with E-state index < -0.39 is 20.4 Å². The van der Waals surface area contributed by atoms with E-state index in [1.807, 2.05) is 0 Å². The monoisotopic (exact) mass is 261 g/mol. The molecular formula is C10H12ClNO3S. The van der Waals surface area contributed by atoms with Gasteiger partial charge in [0.05, 0.1) is 10.3 Å². The summed E-state index contributed by atoms with van der Waals surface area (Å²) in [6.45, 7) is 3.33. The fraction of sp³-hybridized carbons (Fsp3) is 0.300. The highest BCUT2D eigenvalue weighted by Gasteiger charge is 2.27. The first-order valence-corrected chi connectivity index (χ1v) is 6.82. The molecular weight excluding hydrogens is 250 g/mol. The van der Waals surface area contributed by atoms with Gasteiger partial charge in [-0.25, -0.2) is 8.42 Å². The smallest absolute Gasteiger partial charge is 0.261 e. The van der Waals surface area contributed by atoms with Crippen LogP contribution in [0.15, 0.2) is 29.2 Å². The van der Waals surface area contributed by atoms with Crippen molar-refractivity contribution in [3.8, 4) is 0 Å². The standard InChI is InChI=1S/C10H12ClNO3S/c1-10(2,9(12)13)7-3-5-8(6-4-7)16(11,14)15/h3-6H,1-2H3,(H2,12,13). The van der Waals surface area contributed by atoms with Gasteiger partial charge in [0.25, 0.3) is 9.05 Å². The molecule has 0 radical (unpaired) electrons. The molecule has 88 valence electrons. The Kier molecular flexibility index (Phi) is 3.30. The molecule has 0 heterocycles. The van der Waals surface area contributed by atoms with Gasteiger partial charge in [-0.3, -0.25) is 4.79 Å². The van der Waals surface area contributed by atoms with Crippen molar-refractivity contribution < 1.29 is 13.2 Å². The summed E-state index contributed by atoms with van der Waals surface area (Å²) in [7, 11) is 1.44. The number of benzene rings is 1. The minimum atomic E-state index is -3.73. The van der Waals surface area contributed by atoms with Crippen molar-refractivity contribution in [2.45, 2.75) is 24.2 Å². The summed E-state index contributed by atoms with van der Waals surface area (Å²) in [5.41, 5.74) is 5.05. The molecule has 0 fully saturated rings. The zero-order valence-electron chi connectivity index (χ0n) is 8.90. The van der Waals surface area contributed by atoms with Crippen molar-refractivity contribution in [1.82, 2.24) is 0 Å². The van der Waals surface area contributed by atoms with E-state index in [1.165, 1.54) is 24.3 Å². The van der Waals surface area contributed by atoms with Gasteiger partial charge in [-0.2, -0.15) is 0 Å². The first kappa shape index (κ1) is 13.0. The van der Waals surface area contributed by atoms with Crippen LogP contribution in [0.5, 0.6) is 0 Å². The number of carbonyl (C=O) groups excluding carboxylic acids is 1. The summed E-state index contributed by atoms with van der Waals surface area (Å²) in [6, 6.07) is 5.75. The topological polar surface area (TPSA) is 77.2 Å². The van der Waals surface area contributed by atoms with E-state index in [9.17, 15) is 13.2 Å². The molecule has 1 aromatic rings. The molecule has 0 saturated heterocycles. The molecule has 0 aliphatic rings. The van der Waals surface area contributed by atoms with Crippen LogP contribution in [0.4, 0.5) is 0 Å². The van der Waals surface area contributed by atoms with Gasteiger partial charge < -0.3 is 5.73 Å². The van der Waals surface area contributed by atoms with Gasteiger partial charge in [0.15, 0.2) is 0 Å². The Labute approximate surface area is 98.8 Å². The molecule has 4 nitrogen and oxygen atoms in total. The van der Waals surface area contributed by atoms with E-state index in [0.29, 0.717) is 5.56 Å². The van der Waals surface area contributed by atoms with E-state index in [2.05, 4.69) is 0 Å². The van der Waals surface area contributed by atoms with Crippen LogP contribution >= 0.6 is 10.7 Å². The second-order valence-corrected chi connectivity index (χ2v) is 6.52. The lowest BCUT2D eigenvalue weighted by atomic mass is 9.84. The van der Waals surface area contributed by atoms with Crippen molar-refractivity contribution in [2.75, 3.05) is 0 Å². The Morgan fingerprint density at radius 2 is 1.69 bits per heavy atom. The molecule has 0 saturated carbocycles. The van der Waals surface area contributed by atoms with Gasteiger partial charge in [-0.15, -0.1) is 0 Å². The molecule has 0 aliphatic carbocycles. The zero-order chi connectivity index (χ0) is 12.6. The molecule has 0 atom stereocenters. The largest absolute Gasteiger partial charge is 0.369 e. The Morgan fingerprint density at radius 3 is 2.00 bits per heavy atom.